The maximum absolute atomic E-state index is 9.17. The number of nitrogens with one attached hydrogen (secondary N) is 1. The van der Waals surface area contributed by atoms with Crippen LogP contribution in [0.4, 0.5) is 5.82 Å². The van der Waals surface area contributed by atoms with Gasteiger partial charge in [-0.1, -0.05) is 36.8 Å². The van der Waals surface area contributed by atoms with Crippen molar-refractivity contribution in [3.8, 4) is 0 Å². The standard InChI is InChI=1S/C18H23N3O/c22-12-10-15-7-4-8-16(15)20-17-9-11-19-18(21-17)13-14-5-2-1-3-6-14/h1-3,5-6,9,11,15-16,22H,4,7-8,10,12-13H2,(H,19,20,21). The van der Waals surface area contributed by atoms with Gasteiger partial charge < -0.3 is 10.4 Å². The van der Waals surface area contributed by atoms with Gasteiger partial charge >= 0.3 is 0 Å². The Labute approximate surface area is 131 Å². The average Bonchev–Trinajstić information content (AvgIpc) is 2.96. The molecule has 0 saturated heterocycles. The second-order valence-electron chi connectivity index (χ2n) is 5.97. The van der Waals surface area contributed by atoms with E-state index >= 15 is 0 Å². The molecule has 1 fully saturated rings. The Kier molecular flexibility index (Phi) is 5.01. The van der Waals surface area contributed by atoms with Crippen molar-refractivity contribution in [2.24, 2.45) is 5.92 Å². The summed E-state index contributed by atoms with van der Waals surface area (Å²) in [5.74, 6) is 2.29. The fourth-order valence-corrected chi connectivity index (χ4v) is 3.27. The molecule has 0 radical (unpaired) electrons. The van der Waals surface area contributed by atoms with E-state index in [1.165, 1.54) is 18.4 Å². The Morgan fingerprint density at radius 3 is 2.82 bits per heavy atom. The number of anilines is 1. The summed E-state index contributed by atoms with van der Waals surface area (Å²) in [5.41, 5.74) is 1.22. The van der Waals surface area contributed by atoms with Gasteiger partial charge in [-0.2, -0.15) is 0 Å². The molecule has 1 aliphatic rings. The quantitative estimate of drug-likeness (QED) is 0.860. The maximum Gasteiger partial charge on any atom is 0.135 e. The Morgan fingerprint density at radius 2 is 2.00 bits per heavy atom. The topological polar surface area (TPSA) is 58.0 Å². The van der Waals surface area contributed by atoms with Crippen molar-refractivity contribution in [3.63, 3.8) is 0 Å². The van der Waals surface area contributed by atoms with Gasteiger partial charge in [0.15, 0.2) is 0 Å². The number of benzene rings is 1. The third-order valence-corrected chi connectivity index (χ3v) is 4.40. The summed E-state index contributed by atoms with van der Waals surface area (Å²) in [6.07, 6.45) is 7.03. The fourth-order valence-electron chi connectivity index (χ4n) is 3.27. The largest absolute Gasteiger partial charge is 0.396 e. The summed E-state index contributed by atoms with van der Waals surface area (Å²) in [6.45, 7) is 0.270. The first kappa shape index (κ1) is 15.0. The number of aliphatic hydroxyl groups is 1. The zero-order valence-electron chi connectivity index (χ0n) is 12.8. The second kappa shape index (κ2) is 7.36. The van der Waals surface area contributed by atoms with Crippen LogP contribution in [0.5, 0.6) is 0 Å². The van der Waals surface area contributed by atoms with Gasteiger partial charge in [-0.25, -0.2) is 9.97 Å². The summed E-state index contributed by atoms with van der Waals surface area (Å²) in [6, 6.07) is 12.6. The predicted octanol–water partition coefficient (Wildman–Crippen LogP) is 3.03. The lowest BCUT2D eigenvalue weighted by atomic mass is 10.00. The number of nitrogens with zero attached hydrogens (tertiary/aromatic N) is 2. The molecule has 4 heteroatoms. The minimum Gasteiger partial charge on any atom is -0.396 e. The van der Waals surface area contributed by atoms with Crippen LogP contribution in [0.15, 0.2) is 42.6 Å². The molecule has 2 aromatic rings. The second-order valence-corrected chi connectivity index (χ2v) is 5.97. The monoisotopic (exact) mass is 297 g/mol. The van der Waals surface area contributed by atoms with E-state index in [2.05, 4.69) is 27.4 Å². The summed E-state index contributed by atoms with van der Waals surface area (Å²) in [4.78, 5) is 9.01. The summed E-state index contributed by atoms with van der Waals surface area (Å²) in [5, 5.41) is 12.7. The molecule has 2 N–H and O–H groups in total. The predicted molar refractivity (Wildman–Crippen MR) is 87.7 cm³/mol. The van der Waals surface area contributed by atoms with Gasteiger partial charge in [-0.05, 0) is 36.8 Å². The van der Waals surface area contributed by atoms with Gasteiger partial charge in [-0.3, -0.25) is 0 Å². The number of hydrogen-bond donors (Lipinski definition) is 2. The molecule has 0 aliphatic heterocycles. The van der Waals surface area contributed by atoms with Gasteiger partial charge in [0, 0.05) is 25.3 Å². The molecule has 1 saturated carbocycles. The molecule has 1 aliphatic carbocycles. The van der Waals surface area contributed by atoms with Crippen LogP contribution in [0.1, 0.15) is 37.1 Å². The van der Waals surface area contributed by atoms with Crippen LogP contribution in [0.3, 0.4) is 0 Å². The van der Waals surface area contributed by atoms with Crippen molar-refractivity contribution >= 4 is 5.82 Å². The van der Waals surface area contributed by atoms with Crippen LogP contribution >= 0.6 is 0 Å². The highest BCUT2D eigenvalue weighted by molar-refractivity contribution is 5.35. The highest BCUT2D eigenvalue weighted by Gasteiger charge is 2.26. The molecule has 3 rings (SSSR count). The molecule has 0 amide bonds. The van der Waals surface area contributed by atoms with Crippen molar-refractivity contribution < 1.29 is 5.11 Å². The summed E-state index contributed by atoms with van der Waals surface area (Å²) in [7, 11) is 0. The summed E-state index contributed by atoms with van der Waals surface area (Å²) < 4.78 is 0. The lowest BCUT2D eigenvalue weighted by molar-refractivity contribution is 0.254. The Balaban J connectivity index is 1.66. The van der Waals surface area contributed by atoms with Crippen molar-refractivity contribution in [1.29, 1.82) is 0 Å². The summed E-state index contributed by atoms with van der Waals surface area (Å²) >= 11 is 0. The van der Waals surface area contributed by atoms with E-state index < -0.39 is 0 Å². The molecule has 1 heterocycles. The SMILES string of the molecule is OCCC1CCCC1Nc1ccnc(Cc2ccccc2)n1. The van der Waals surface area contributed by atoms with E-state index in [9.17, 15) is 0 Å². The first-order chi connectivity index (χ1) is 10.8. The van der Waals surface area contributed by atoms with E-state index in [0.29, 0.717) is 12.0 Å². The maximum atomic E-state index is 9.17. The highest BCUT2D eigenvalue weighted by Crippen LogP contribution is 2.30. The van der Waals surface area contributed by atoms with Crippen LogP contribution in [-0.2, 0) is 6.42 Å². The van der Waals surface area contributed by atoms with Gasteiger partial charge in [0.05, 0.1) is 0 Å². The van der Waals surface area contributed by atoms with Crippen molar-refractivity contribution in [3.05, 3.63) is 54.0 Å². The van der Waals surface area contributed by atoms with Crippen LogP contribution in [0, 0.1) is 5.92 Å². The Morgan fingerprint density at radius 1 is 1.14 bits per heavy atom. The Hall–Kier alpha value is -1.94. The van der Waals surface area contributed by atoms with Gasteiger partial charge in [0.25, 0.3) is 0 Å². The van der Waals surface area contributed by atoms with Crippen LogP contribution in [0.25, 0.3) is 0 Å². The number of aromatic nitrogens is 2. The molecule has 0 spiro atoms. The number of aliphatic hydroxyl groups excluding tert-OH is 1. The third-order valence-electron chi connectivity index (χ3n) is 4.40. The average molecular weight is 297 g/mol. The molecule has 2 unspecified atom stereocenters. The van der Waals surface area contributed by atoms with E-state index in [0.717, 1.165) is 30.9 Å². The molecular weight excluding hydrogens is 274 g/mol. The minimum absolute atomic E-state index is 0.270. The van der Waals surface area contributed by atoms with E-state index in [1.54, 1.807) is 0 Å². The Bertz CT molecular complexity index is 588. The molecule has 116 valence electrons. The molecule has 22 heavy (non-hydrogen) atoms. The molecule has 4 nitrogen and oxygen atoms in total. The van der Waals surface area contributed by atoms with Crippen molar-refractivity contribution in [2.75, 3.05) is 11.9 Å². The van der Waals surface area contributed by atoms with Crippen LogP contribution in [-0.4, -0.2) is 27.7 Å². The van der Waals surface area contributed by atoms with Crippen molar-refractivity contribution in [2.45, 2.75) is 38.1 Å². The van der Waals surface area contributed by atoms with Crippen LogP contribution < -0.4 is 5.32 Å². The normalized spacial score (nSPS) is 21.0. The molecule has 2 atom stereocenters. The lowest BCUT2D eigenvalue weighted by Crippen LogP contribution is -2.25. The van der Waals surface area contributed by atoms with E-state index in [4.69, 9.17) is 5.11 Å². The fraction of sp³-hybridized carbons (Fsp3) is 0.444. The number of hydrogen-bond acceptors (Lipinski definition) is 4. The zero-order valence-corrected chi connectivity index (χ0v) is 12.8. The molecule has 0 bridgehead atoms. The van der Waals surface area contributed by atoms with Crippen molar-refractivity contribution in [1.82, 2.24) is 9.97 Å². The molecular formula is C18H23N3O. The lowest BCUT2D eigenvalue weighted by Gasteiger charge is -2.20. The highest BCUT2D eigenvalue weighted by atomic mass is 16.3. The van der Waals surface area contributed by atoms with Crippen LogP contribution in [0.2, 0.25) is 0 Å². The first-order valence-corrected chi connectivity index (χ1v) is 8.08. The zero-order chi connectivity index (χ0) is 15.2. The van der Waals surface area contributed by atoms with Gasteiger partial charge in [-0.15, -0.1) is 0 Å². The smallest absolute Gasteiger partial charge is 0.135 e. The minimum atomic E-state index is 0.270. The number of rotatable bonds is 6. The van der Waals surface area contributed by atoms with Gasteiger partial charge in [0.2, 0.25) is 0 Å². The molecule has 1 aromatic heterocycles. The van der Waals surface area contributed by atoms with E-state index in [-0.39, 0.29) is 6.61 Å². The van der Waals surface area contributed by atoms with Gasteiger partial charge in [0.1, 0.15) is 11.6 Å². The van der Waals surface area contributed by atoms with E-state index in [1.807, 2.05) is 30.5 Å². The third kappa shape index (κ3) is 3.83. The molecule has 1 aromatic carbocycles. The first-order valence-electron chi connectivity index (χ1n) is 8.08.